The second kappa shape index (κ2) is 13.1. The van der Waals surface area contributed by atoms with Crippen LogP contribution in [0.15, 0.2) is 209 Å². The molecule has 0 aliphatic carbocycles. The maximum atomic E-state index is 6.68. The molecule has 0 atom stereocenters. The summed E-state index contributed by atoms with van der Waals surface area (Å²) < 4.78 is 15.8. The Kier molecular flexibility index (Phi) is 7.40. The molecule has 0 aliphatic heterocycles. The first kappa shape index (κ1) is 32.8. The molecule has 58 heavy (non-hydrogen) atoms. The minimum absolute atomic E-state index is 0.838. The first-order valence-electron chi connectivity index (χ1n) is 19.6. The van der Waals surface area contributed by atoms with Crippen LogP contribution in [0, 0.1) is 0 Å². The van der Waals surface area contributed by atoms with Gasteiger partial charge in [0.05, 0.1) is 27.8 Å². The van der Waals surface area contributed by atoms with E-state index in [4.69, 9.17) is 8.83 Å². The van der Waals surface area contributed by atoms with Gasteiger partial charge in [0.1, 0.15) is 22.3 Å². The third-order valence-corrected chi connectivity index (χ3v) is 12.7. The lowest BCUT2D eigenvalue weighted by Crippen LogP contribution is -2.12. The molecule has 0 aliphatic rings. The molecule has 0 saturated carbocycles. The third-order valence-electron chi connectivity index (χ3n) is 11.5. The van der Waals surface area contributed by atoms with Crippen LogP contribution in [0.3, 0.4) is 0 Å². The zero-order valence-electron chi connectivity index (χ0n) is 31.2. The average Bonchev–Trinajstić information content (AvgIpc) is 3.99. The van der Waals surface area contributed by atoms with Crippen LogP contribution in [-0.2, 0) is 0 Å². The van der Waals surface area contributed by atoms with E-state index in [9.17, 15) is 0 Å². The first-order valence-corrected chi connectivity index (χ1v) is 20.4. The van der Waals surface area contributed by atoms with E-state index in [1.54, 1.807) is 0 Å². The Morgan fingerprint density at radius 3 is 1.60 bits per heavy atom. The van der Waals surface area contributed by atoms with Crippen LogP contribution in [0.1, 0.15) is 0 Å². The molecule has 12 rings (SSSR count). The molecule has 0 amide bonds. The molecule has 0 saturated heterocycles. The van der Waals surface area contributed by atoms with Crippen LogP contribution in [0.25, 0.3) is 97.4 Å². The number of para-hydroxylation sites is 2. The lowest BCUT2D eigenvalue weighted by molar-refractivity contribution is 0.669. The van der Waals surface area contributed by atoms with Crippen molar-refractivity contribution in [3.05, 3.63) is 200 Å². The van der Waals surface area contributed by atoms with Crippen molar-refractivity contribution >= 4 is 92.4 Å². The molecule has 9 aromatic carbocycles. The van der Waals surface area contributed by atoms with Crippen molar-refractivity contribution in [2.45, 2.75) is 0 Å². The van der Waals surface area contributed by atoms with Crippen LogP contribution < -0.4 is 4.90 Å². The molecule has 3 heterocycles. The van der Waals surface area contributed by atoms with Gasteiger partial charge in [0.15, 0.2) is 0 Å². The van der Waals surface area contributed by atoms with Crippen LogP contribution >= 0.6 is 11.3 Å². The molecule has 0 bridgehead atoms. The molecular weight excluding hydrogens is 727 g/mol. The number of nitrogens with zero attached hydrogens (tertiary/aromatic N) is 1. The summed E-state index contributed by atoms with van der Waals surface area (Å²) in [5.74, 6) is 0. The number of furan rings is 2. The second-order valence-corrected chi connectivity index (χ2v) is 15.8. The number of anilines is 3. The average molecular weight is 760 g/mol. The maximum Gasteiger partial charge on any atom is 0.137 e. The van der Waals surface area contributed by atoms with E-state index in [1.165, 1.54) is 42.4 Å². The first-order chi connectivity index (χ1) is 28.8. The van der Waals surface area contributed by atoms with Gasteiger partial charge in [-0.25, -0.2) is 0 Å². The van der Waals surface area contributed by atoms with Crippen molar-refractivity contribution < 1.29 is 8.83 Å². The predicted molar refractivity (Wildman–Crippen MR) is 245 cm³/mol. The van der Waals surface area contributed by atoms with Crippen LogP contribution in [0.2, 0.25) is 0 Å². The Labute approximate surface area is 338 Å². The summed E-state index contributed by atoms with van der Waals surface area (Å²) in [6, 6.07) is 71.4. The van der Waals surface area contributed by atoms with Crippen molar-refractivity contribution in [1.82, 2.24) is 0 Å². The minimum atomic E-state index is 0.838. The van der Waals surface area contributed by atoms with Crippen molar-refractivity contribution in [1.29, 1.82) is 0 Å². The summed E-state index contributed by atoms with van der Waals surface area (Å²) in [6.07, 6.45) is 0. The van der Waals surface area contributed by atoms with E-state index in [0.717, 1.165) is 72.1 Å². The summed E-state index contributed by atoms with van der Waals surface area (Å²) >= 11 is 1.87. The quantitative estimate of drug-likeness (QED) is 0.169. The highest BCUT2D eigenvalue weighted by atomic mass is 32.1. The number of rotatable bonds is 6. The van der Waals surface area contributed by atoms with Gasteiger partial charge in [-0.05, 0) is 76.3 Å². The lowest BCUT2D eigenvalue weighted by atomic mass is 9.95. The Bertz CT molecular complexity index is 3510. The maximum absolute atomic E-state index is 6.68. The number of hydrogen-bond acceptors (Lipinski definition) is 4. The fourth-order valence-corrected chi connectivity index (χ4v) is 10.2. The molecule has 3 aromatic heterocycles. The van der Waals surface area contributed by atoms with E-state index in [1.807, 2.05) is 23.5 Å². The zero-order chi connectivity index (χ0) is 38.2. The standard InChI is InChI=1S/C54H33NO2S/c1-4-15-34(16-5-1)37-27-28-42-49(33-37)58-54-39(36-19-8-3-9-20-36)29-31-44(51(42)54)55(43-23-14-26-47-50(43)40-21-10-12-24-45(40)56-47)53-38(35-17-6-2-7-18-35)30-32-48-52(53)41-22-11-13-25-46(41)57-48/h1-33H. The van der Waals surface area contributed by atoms with Crippen LogP contribution in [0.5, 0.6) is 0 Å². The van der Waals surface area contributed by atoms with Crippen molar-refractivity contribution in [3.63, 3.8) is 0 Å². The van der Waals surface area contributed by atoms with Gasteiger partial charge in [-0.1, -0.05) is 152 Å². The molecule has 272 valence electrons. The molecule has 4 heteroatoms. The summed E-state index contributed by atoms with van der Waals surface area (Å²) in [5.41, 5.74) is 13.6. The van der Waals surface area contributed by atoms with Gasteiger partial charge in [-0.15, -0.1) is 11.3 Å². The van der Waals surface area contributed by atoms with Gasteiger partial charge >= 0.3 is 0 Å². The van der Waals surface area contributed by atoms with E-state index in [2.05, 4.69) is 193 Å². The predicted octanol–water partition coefficient (Wildman–Crippen LogP) is 16.3. The van der Waals surface area contributed by atoms with E-state index in [0.29, 0.717) is 0 Å². The highest BCUT2D eigenvalue weighted by Crippen LogP contribution is 2.54. The summed E-state index contributed by atoms with van der Waals surface area (Å²) in [5, 5.41) is 6.69. The Morgan fingerprint density at radius 1 is 0.345 bits per heavy atom. The molecule has 0 fully saturated rings. The summed E-state index contributed by atoms with van der Waals surface area (Å²) in [7, 11) is 0. The highest BCUT2D eigenvalue weighted by molar-refractivity contribution is 7.26. The van der Waals surface area contributed by atoms with Gasteiger partial charge in [0.25, 0.3) is 0 Å². The number of benzene rings is 9. The van der Waals surface area contributed by atoms with Gasteiger partial charge in [-0.2, -0.15) is 0 Å². The minimum Gasteiger partial charge on any atom is -0.456 e. The Balaban J connectivity index is 1.27. The topological polar surface area (TPSA) is 29.5 Å². The fourth-order valence-electron chi connectivity index (χ4n) is 8.90. The number of fused-ring (bicyclic) bond motifs is 9. The summed E-state index contributed by atoms with van der Waals surface area (Å²) in [4.78, 5) is 2.51. The molecule has 0 spiro atoms. The monoisotopic (exact) mass is 759 g/mol. The Hall–Kier alpha value is -7.40. The fraction of sp³-hybridized carbons (Fsp3) is 0. The molecule has 3 nitrogen and oxygen atoms in total. The SMILES string of the molecule is c1ccc(-c2ccc3c(c2)sc2c(-c4ccccc4)ccc(N(c4cccc5oc6ccccc6c45)c4c(-c5ccccc5)ccc5oc6ccccc6c45)c23)cc1. The van der Waals surface area contributed by atoms with E-state index >= 15 is 0 Å². The molecular formula is C54H33NO2S. The number of hydrogen-bond donors (Lipinski definition) is 0. The van der Waals surface area contributed by atoms with Crippen molar-refractivity contribution in [3.8, 4) is 33.4 Å². The van der Waals surface area contributed by atoms with Crippen molar-refractivity contribution in [2.24, 2.45) is 0 Å². The Morgan fingerprint density at radius 2 is 0.897 bits per heavy atom. The highest BCUT2D eigenvalue weighted by Gasteiger charge is 2.29. The second-order valence-electron chi connectivity index (χ2n) is 14.8. The van der Waals surface area contributed by atoms with Crippen LogP contribution in [-0.4, -0.2) is 0 Å². The summed E-state index contributed by atoms with van der Waals surface area (Å²) in [6.45, 7) is 0. The number of thiophene rings is 1. The van der Waals surface area contributed by atoms with Gasteiger partial charge < -0.3 is 13.7 Å². The third kappa shape index (κ3) is 5.05. The zero-order valence-corrected chi connectivity index (χ0v) is 32.0. The van der Waals surface area contributed by atoms with Gasteiger partial charge in [0, 0.05) is 36.5 Å². The van der Waals surface area contributed by atoms with Gasteiger partial charge in [0.2, 0.25) is 0 Å². The molecule has 0 unspecified atom stereocenters. The smallest absolute Gasteiger partial charge is 0.137 e. The normalized spacial score (nSPS) is 11.8. The molecule has 0 N–H and O–H groups in total. The molecule has 0 radical (unpaired) electrons. The van der Waals surface area contributed by atoms with Crippen molar-refractivity contribution in [2.75, 3.05) is 4.90 Å². The van der Waals surface area contributed by atoms with Crippen LogP contribution in [0.4, 0.5) is 17.1 Å². The van der Waals surface area contributed by atoms with Gasteiger partial charge in [-0.3, -0.25) is 0 Å². The lowest BCUT2D eigenvalue weighted by Gasteiger charge is -2.30. The molecule has 12 aromatic rings. The van der Waals surface area contributed by atoms with E-state index < -0.39 is 0 Å². The van der Waals surface area contributed by atoms with E-state index in [-0.39, 0.29) is 0 Å². The largest absolute Gasteiger partial charge is 0.456 e.